The molecule has 0 spiro atoms. The van der Waals surface area contributed by atoms with E-state index >= 15 is 0 Å². The van der Waals surface area contributed by atoms with Gasteiger partial charge in [-0.1, -0.05) is 23.2 Å². The van der Waals surface area contributed by atoms with Crippen molar-refractivity contribution in [3.63, 3.8) is 0 Å². The Kier molecular flexibility index (Phi) is 5.42. The van der Waals surface area contributed by atoms with Crippen LogP contribution in [0.4, 0.5) is 0 Å². The van der Waals surface area contributed by atoms with E-state index in [4.69, 9.17) is 42.5 Å². The second-order valence-electron chi connectivity index (χ2n) is 4.20. The summed E-state index contributed by atoms with van der Waals surface area (Å²) in [6.45, 7) is 0. The number of hydrogen-bond acceptors (Lipinski definition) is 7. The van der Waals surface area contributed by atoms with Gasteiger partial charge in [-0.05, 0) is 6.07 Å². The maximum Gasteiger partial charge on any atom is 0.364 e. The van der Waals surface area contributed by atoms with Gasteiger partial charge in [-0.2, -0.15) is 0 Å². The molecule has 0 amide bonds. The van der Waals surface area contributed by atoms with E-state index in [0.717, 1.165) is 0 Å². The molecule has 2 rings (SSSR count). The van der Waals surface area contributed by atoms with Crippen molar-refractivity contribution in [1.82, 2.24) is 9.97 Å². The van der Waals surface area contributed by atoms with Crippen molar-refractivity contribution in [3.05, 3.63) is 39.6 Å². The topological polar surface area (TPSA) is 108 Å². The lowest BCUT2D eigenvalue weighted by Crippen LogP contribution is -2.13. The maximum absolute atomic E-state index is 12.2. The molecule has 2 aromatic heterocycles. The van der Waals surface area contributed by atoms with Crippen LogP contribution >= 0.6 is 23.2 Å². The van der Waals surface area contributed by atoms with Crippen LogP contribution in [0, 0.1) is 0 Å². The van der Waals surface area contributed by atoms with E-state index in [1.165, 1.54) is 32.4 Å². The Bertz CT molecular complexity index is 812. The summed E-state index contributed by atoms with van der Waals surface area (Å²) in [4.78, 5) is 30.9. The number of pyridine rings is 2. The van der Waals surface area contributed by atoms with E-state index in [2.05, 4.69) is 9.97 Å². The monoisotopic (exact) mass is 372 g/mol. The van der Waals surface area contributed by atoms with Gasteiger partial charge in [-0.15, -0.1) is 0 Å². The number of methoxy groups -OCH3 is 2. The zero-order valence-corrected chi connectivity index (χ0v) is 13.9. The number of carbonyl (C=O) groups excluding carboxylic acids is 1. The first-order valence-corrected chi connectivity index (χ1v) is 7.03. The van der Waals surface area contributed by atoms with Gasteiger partial charge in [0.2, 0.25) is 11.8 Å². The van der Waals surface area contributed by atoms with E-state index in [0.29, 0.717) is 0 Å². The predicted molar refractivity (Wildman–Crippen MR) is 83.5 cm³/mol. The number of aromatic carboxylic acids is 1. The lowest BCUT2D eigenvalue weighted by Gasteiger charge is -2.10. The minimum absolute atomic E-state index is 0.0244. The maximum atomic E-state index is 12.2. The summed E-state index contributed by atoms with van der Waals surface area (Å²) in [6.07, 6.45) is 0. The van der Waals surface area contributed by atoms with Gasteiger partial charge >= 0.3 is 11.9 Å². The molecule has 0 radical (unpaired) electrons. The van der Waals surface area contributed by atoms with Crippen molar-refractivity contribution in [2.24, 2.45) is 0 Å². The number of carboxylic acid groups (broad SMARTS) is 1. The molecule has 1 N–H and O–H groups in total. The van der Waals surface area contributed by atoms with Gasteiger partial charge in [0.15, 0.2) is 17.1 Å². The van der Waals surface area contributed by atoms with Gasteiger partial charge in [0.05, 0.1) is 19.2 Å². The molecule has 126 valence electrons. The molecule has 0 aliphatic carbocycles. The summed E-state index contributed by atoms with van der Waals surface area (Å²) in [7, 11) is 2.64. The van der Waals surface area contributed by atoms with E-state index in [-0.39, 0.29) is 33.2 Å². The van der Waals surface area contributed by atoms with Crippen molar-refractivity contribution in [1.29, 1.82) is 0 Å². The molecule has 0 aliphatic rings. The van der Waals surface area contributed by atoms with Crippen molar-refractivity contribution < 1.29 is 28.9 Å². The fourth-order valence-corrected chi connectivity index (χ4v) is 2.03. The molecule has 0 aliphatic heterocycles. The smallest absolute Gasteiger partial charge is 0.364 e. The SMILES string of the molecule is COc1ccc(Cl)c(C(=O)Oc2cc(OC)nc(C(=O)O)c2Cl)n1. The Balaban J connectivity index is 2.42. The fraction of sp³-hybridized carbons (Fsp3) is 0.143. The van der Waals surface area contributed by atoms with E-state index in [1.54, 1.807) is 0 Å². The van der Waals surface area contributed by atoms with Crippen molar-refractivity contribution >= 4 is 35.1 Å². The van der Waals surface area contributed by atoms with Crippen molar-refractivity contribution in [3.8, 4) is 17.5 Å². The number of aromatic nitrogens is 2. The fourth-order valence-electron chi connectivity index (χ4n) is 1.63. The molecule has 0 fully saturated rings. The number of nitrogens with zero attached hydrogens (tertiary/aromatic N) is 2. The largest absolute Gasteiger partial charge is 0.481 e. The number of hydrogen-bond donors (Lipinski definition) is 1. The predicted octanol–water partition coefficient (Wildman–Crippen LogP) is 2.72. The molecule has 8 nitrogen and oxygen atoms in total. The number of esters is 1. The number of rotatable bonds is 5. The number of ether oxygens (including phenoxy) is 3. The minimum atomic E-state index is -1.41. The summed E-state index contributed by atoms with van der Waals surface area (Å²) in [5.74, 6) is -2.56. The van der Waals surface area contributed by atoms with Crippen LogP contribution < -0.4 is 14.2 Å². The highest BCUT2D eigenvalue weighted by Gasteiger charge is 2.22. The molecule has 0 aromatic carbocycles. The quantitative estimate of drug-likeness (QED) is 0.797. The summed E-state index contributed by atoms with van der Waals surface area (Å²) in [6, 6.07) is 4.03. The van der Waals surface area contributed by atoms with Crippen LogP contribution in [0.2, 0.25) is 10.0 Å². The van der Waals surface area contributed by atoms with Gasteiger partial charge in [0.1, 0.15) is 5.02 Å². The van der Waals surface area contributed by atoms with E-state index in [9.17, 15) is 9.59 Å². The van der Waals surface area contributed by atoms with Crippen LogP contribution in [-0.2, 0) is 0 Å². The first kappa shape index (κ1) is 17.8. The first-order chi connectivity index (χ1) is 11.4. The molecule has 2 heterocycles. The summed E-state index contributed by atoms with van der Waals surface area (Å²) in [5, 5.41) is 8.74. The van der Waals surface area contributed by atoms with Crippen LogP contribution in [0.25, 0.3) is 0 Å². The lowest BCUT2D eigenvalue weighted by atomic mass is 10.3. The molecule has 24 heavy (non-hydrogen) atoms. The Morgan fingerprint density at radius 1 is 1.04 bits per heavy atom. The molecule has 0 unspecified atom stereocenters. The van der Waals surface area contributed by atoms with Crippen LogP contribution in [0.15, 0.2) is 18.2 Å². The van der Waals surface area contributed by atoms with Gasteiger partial charge in [-0.3, -0.25) is 0 Å². The van der Waals surface area contributed by atoms with Crippen LogP contribution in [0.3, 0.4) is 0 Å². The third kappa shape index (κ3) is 3.66. The summed E-state index contributed by atoms with van der Waals surface area (Å²) < 4.78 is 14.9. The number of halogens is 2. The summed E-state index contributed by atoms with van der Waals surface area (Å²) >= 11 is 11.8. The molecule has 10 heteroatoms. The normalized spacial score (nSPS) is 10.2. The standard InChI is InChI=1S/C14H10Cl2N2O6/c1-22-8-4-3-6(15)11(17-8)14(21)24-7-5-9(23-2)18-12(10(7)16)13(19)20/h3-5H,1-2H3,(H,19,20). The van der Waals surface area contributed by atoms with Gasteiger partial charge < -0.3 is 19.3 Å². The highest BCUT2D eigenvalue weighted by Crippen LogP contribution is 2.32. The Hall–Kier alpha value is -2.58. The molecule has 0 saturated heterocycles. The van der Waals surface area contributed by atoms with E-state index in [1.807, 2.05) is 0 Å². The molecule has 0 atom stereocenters. The molecular formula is C14H10Cl2N2O6. The summed E-state index contributed by atoms with van der Waals surface area (Å²) in [5.41, 5.74) is -0.747. The van der Waals surface area contributed by atoms with Crippen LogP contribution in [0.5, 0.6) is 17.5 Å². The lowest BCUT2D eigenvalue weighted by molar-refractivity contribution is 0.0679. The first-order valence-electron chi connectivity index (χ1n) is 6.28. The molecule has 0 bridgehead atoms. The highest BCUT2D eigenvalue weighted by atomic mass is 35.5. The van der Waals surface area contributed by atoms with Gasteiger partial charge in [0.25, 0.3) is 0 Å². The molecule has 0 saturated carbocycles. The second-order valence-corrected chi connectivity index (χ2v) is 4.99. The molecule has 2 aromatic rings. The number of carboxylic acids is 1. The highest BCUT2D eigenvalue weighted by molar-refractivity contribution is 6.35. The van der Waals surface area contributed by atoms with Crippen LogP contribution in [0.1, 0.15) is 21.0 Å². The Morgan fingerprint density at radius 3 is 2.25 bits per heavy atom. The Labute approximate surface area is 145 Å². The third-order valence-corrected chi connectivity index (χ3v) is 3.41. The third-order valence-electron chi connectivity index (χ3n) is 2.74. The van der Waals surface area contributed by atoms with E-state index < -0.39 is 17.6 Å². The van der Waals surface area contributed by atoms with Crippen molar-refractivity contribution in [2.45, 2.75) is 0 Å². The number of carbonyl (C=O) groups is 2. The van der Waals surface area contributed by atoms with Crippen molar-refractivity contribution in [2.75, 3.05) is 14.2 Å². The van der Waals surface area contributed by atoms with Crippen LogP contribution in [-0.4, -0.2) is 41.2 Å². The average Bonchev–Trinajstić information content (AvgIpc) is 2.56. The zero-order valence-electron chi connectivity index (χ0n) is 12.4. The average molecular weight is 373 g/mol. The van der Waals surface area contributed by atoms with Gasteiger partial charge in [0, 0.05) is 12.1 Å². The molecular weight excluding hydrogens is 363 g/mol. The Morgan fingerprint density at radius 2 is 1.67 bits per heavy atom. The second kappa shape index (κ2) is 7.33. The minimum Gasteiger partial charge on any atom is -0.481 e. The van der Waals surface area contributed by atoms with Gasteiger partial charge in [-0.25, -0.2) is 19.6 Å². The zero-order chi connectivity index (χ0) is 17.9.